The van der Waals surface area contributed by atoms with Gasteiger partial charge in [0.25, 0.3) is 0 Å². The van der Waals surface area contributed by atoms with Crippen LogP contribution in [0.15, 0.2) is 0 Å². The maximum Gasteiger partial charge on any atom is 0.522 e. The summed E-state index contributed by atoms with van der Waals surface area (Å²) in [5.74, 6) is 1.28. The predicted octanol–water partition coefficient (Wildman–Crippen LogP) is 8.36. The van der Waals surface area contributed by atoms with Crippen molar-refractivity contribution in [1.82, 2.24) is 0 Å². The molecular weight excluding hydrogens is 442 g/mol. The first-order valence-electron chi connectivity index (χ1n) is 13.3. The predicted molar refractivity (Wildman–Crippen MR) is 116 cm³/mol. The third-order valence-electron chi connectivity index (χ3n) is 9.70. The van der Waals surface area contributed by atoms with E-state index in [1.807, 2.05) is 0 Å². The lowest BCUT2D eigenvalue weighted by molar-refractivity contribution is -0.352. The molecule has 192 valence electrons. The zero-order chi connectivity index (χ0) is 23.8. The van der Waals surface area contributed by atoms with Crippen LogP contribution in [0.3, 0.4) is 0 Å². The molecule has 4 rings (SSSR count). The molecular formula is C26H40F6O. The van der Waals surface area contributed by atoms with Crippen molar-refractivity contribution < 1.29 is 31.1 Å². The van der Waals surface area contributed by atoms with Crippen molar-refractivity contribution in [1.29, 1.82) is 0 Å². The number of hydrogen-bond donors (Lipinski definition) is 0. The van der Waals surface area contributed by atoms with E-state index in [-0.39, 0.29) is 36.5 Å². The molecule has 1 nitrogen and oxygen atoms in total. The van der Waals surface area contributed by atoms with Crippen LogP contribution in [0.1, 0.15) is 90.4 Å². The van der Waals surface area contributed by atoms with E-state index < -0.39 is 31.0 Å². The van der Waals surface area contributed by atoms with E-state index in [2.05, 4.69) is 11.7 Å². The summed E-state index contributed by atoms with van der Waals surface area (Å²) in [6.07, 6.45) is -0.696. The maximum atomic E-state index is 15.2. The van der Waals surface area contributed by atoms with Gasteiger partial charge in [-0.2, -0.15) is 0 Å². The Balaban J connectivity index is 1.25. The molecule has 0 amide bonds. The van der Waals surface area contributed by atoms with Crippen LogP contribution in [0.2, 0.25) is 0 Å². The molecule has 0 heterocycles. The number of ether oxygens (including phenoxy) is 1. The highest BCUT2D eigenvalue weighted by molar-refractivity contribution is 4.95. The molecule has 0 bridgehead atoms. The molecule has 0 radical (unpaired) electrons. The topological polar surface area (TPSA) is 9.23 Å². The van der Waals surface area contributed by atoms with E-state index in [4.69, 9.17) is 0 Å². The van der Waals surface area contributed by atoms with Crippen molar-refractivity contribution >= 4 is 0 Å². The minimum Gasteiger partial charge on any atom is -0.286 e. The third kappa shape index (κ3) is 6.41. The molecule has 9 atom stereocenters. The Hall–Kier alpha value is -0.460. The first-order valence-corrected chi connectivity index (χ1v) is 13.3. The van der Waals surface area contributed by atoms with Crippen LogP contribution in [-0.4, -0.2) is 31.0 Å². The molecule has 0 aromatic carbocycles. The monoisotopic (exact) mass is 482 g/mol. The lowest BCUT2D eigenvalue weighted by Crippen LogP contribution is -2.43. The van der Waals surface area contributed by atoms with Gasteiger partial charge in [-0.15, -0.1) is 13.2 Å². The molecule has 0 aromatic heterocycles. The average molecular weight is 483 g/mol. The Bertz CT molecular complexity index is 618. The van der Waals surface area contributed by atoms with Gasteiger partial charge in [-0.05, 0) is 112 Å². The van der Waals surface area contributed by atoms with Gasteiger partial charge >= 0.3 is 6.36 Å². The number of hydrogen-bond acceptors (Lipinski definition) is 1. The van der Waals surface area contributed by atoms with Crippen LogP contribution in [-0.2, 0) is 4.74 Å². The summed E-state index contributed by atoms with van der Waals surface area (Å²) < 4.78 is 86.0. The maximum absolute atomic E-state index is 15.2. The van der Waals surface area contributed by atoms with Crippen molar-refractivity contribution in [2.24, 2.45) is 41.4 Å². The quantitative estimate of drug-likeness (QED) is 0.366. The van der Waals surface area contributed by atoms with Crippen LogP contribution in [0, 0.1) is 41.4 Å². The smallest absolute Gasteiger partial charge is 0.286 e. The normalized spacial score (nSPS) is 47.9. The van der Waals surface area contributed by atoms with Gasteiger partial charge in [-0.25, -0.2) is 13.2 Å². The Labute approximate surface area is 194 Å². The van der Waals surface area contributed by atoms with E-state index in [0.717, 1.165) is 25.2 Å². The van der Waals surface area contributed by atoms with Gasteiger partial charge in [-0.1, -0.05) is 19.8 Å². The van der Waals surface area contributed by atoms with E-state index in [1.54, 1.807) is 0 Å². The number of rotatable bonds is 4. The van der Waals surface area contributed by atoms with Gasteiger partial charge in [0, 0.05) is 0 Å². The fourth-order valence-corrected chi connectivity index (χ4v) is 7.79. The lowest BCUT2D eigenvalue weighted by Gasteiger charge is -2.45. The number of halogens is 6. The molecule has 4 aliphatic carbocycles. The summed E-state index contributed by atoms with van der Waals surface area (Å²) in [5.41, 5.74) is 0. The van der Waals surface area contributed by atoms with Crippen molar-refractivity contribution in [2.75, 3.05) is 0 Å². The highest BCUT2D eigenvalue weighted by Gasteiger charge is 2.46. The third-order valence-corrected chi connectivity index (χ3v) is 9.70. The Morgan fingerprint density at radius 1 is 0.545 bits per heavy atom. The van der Waals surface area contributed by atoms with Crippen LogP contribution < -0.4 is 0 Å². The van der Waals surface area contributed by atoms with Crippen LogP contribution >= 0.6 is 0 Å². The molecule has 0 saturated heterocycles. The molecule has 4 fully saturated rings. The van der Waals surface area contributed by atoms with Gasteiger partial charge in [0.05, 0.1) is 6.10 Å². The van der Waals surface area contributed by atoms with Gasteiger partial charge in [0.15, 0.2) is 0 Å². The van der Waals surface area contributed by atoms with Gasteiger partial charge in [-0.3, -0.25) is 4.74 Å². The average Bonchev–Trinajstić information content (AvgIpc) is 2.75. The summed E-state index contributed by atoms with van der Waals surface area (Å²) >= 11 is 0. The van der Waals surface area contributed by atoms with E-state index in [1.165, 1.54) is 25.7 Å². The SMILES string of the molecule is CC1CCC(C2CCC(C3CCC(C4CCC(OC(F)(F)F)C(F)C4)C(F)C3)C(F)C2)CC1. The standard InChI is InChI=1S/C26H40F6O/c1-15-2-4-16(5-3-15)17-6-9-20(22(27)12-17)18-7-10-21(23(28)13-18)19-8-11-25(24(29)14-19)33-26(30,31)32/h15-25H,2-14H2,1H3. The Morgan fingerprint density at radius 2 is 1.00 bits per heavy atom. The minimum absolute atomic E-state index is 0.0321. The van der Waals surface area contributed by atoms with Gasteiger partial charge < -0.3 is 0 Å². The zero-order valence-corrected chi connectivity index (χ0v) is 19.7. The highest BCUT2D eigenvalue weighted by Crippen LogP contribution is 2.49. The molecule has 4 aliphatic rings. The summed E-state index contributed by atoms with van der Waals surface area (Å²) in [6, 6.07) is 0. The fraction of sp³-hybridized carbons (Fsp3) is 1.00. The molecule has 0 spiro atoms. The molecule has 7 heteroatoms. The lowest BCUT2D eigenvalue weighted by atomic mass is 9.62. The van der Waals surface area contributed by atoms with Crippen molar-refractivity contribution in [3.8, 4) is 0 Å². The highest BCUT2D eigenvalue weighted by atomic mass is 19.4. The van der Waals surface area contributed by atoms with Gasteiger partial charge in [0.1, 0.15) is 18.5 Å². The van der Waals surface area contributed by atoms with Crippen LogP contribution in [0.4, 0.5) is 26.3 Å². The molecule has 0 aliphatic heterocycles. The second-order valence-corrected chi connectivity index (χ2v) is 11.7. The molecule has 4 saturated carbocycles. The van der Waals surface area contributed by atoms with Crippen molar-refractivity contribution in [3.63, 3.8) is 0 Å². The van der Waals surface area contributed by atoms with Crippen molar-refractivity contribution in [2.45, 2.75) is 121 Å². The first kappa shape index (κ1) is 25.6. The number of alkyl halides is 6. The van der Waals surface area contributed by atoms with E-state index in [0.29, 0.717) is 37.5 Å². The molecule has 33 heavy (non-hydrogen) atoms. The largest absolute Gasteiger partial charge is 0.522 e. The zero-order valence-electron chi connectivity index (χ0n) is 19.7. The minimum atomic E-state index is -4.85. The first-order chi connectivity index (χ1) is 15.6. The molecule has 9 unspecified atom stereocenters. The Kier molecular flexibility index (Phi) is 8.28. The molecule has 0 N–H and O–H groups in total. The van der Waals surface area contributed by atoms with Crippen LogP contribution in [0.5, 0.6) is 0 Å². The van der Waals surface area contributed by atoms with E-state index in [9.17, 15) is 17.6 Å². The van der Waals surface area contributed by atoms with Crippen LogP contribution in [0.25, 0.3) is 0 Å². The second-order valence-electron chi connectivity index (χ2n) is 11.7. The fourth-order valence-electron chi connectivity index (χ4n) is 7.79. The van der Waals surface area contributed by atoms with Gasteiger partial charge in [0.2, 0.25) is 0 Å². The second kappa shape index (κ2) is 10.7. The summed E-state index contributed by atoms with van der Waals surface area (Å²) in [7, 11) is 0. The van der Waals surface area contributed by atoms with Crippen molar-refractivity contribution in [3.05, 3.63) is 0 Å². The molecule has 0 aromatic rings. The van der Waals surface area contributed by atoms with E-state index >= 15 is 8.78 Å². The summed E-state index contributed by atoms with van der Waals surface area (Å²) in [4.78, 5) is 0. The summed E-state index contributed by atoms with van der Waals surface area (Å²) in [5, 5.41) is 0. The summed E-state index contributed by atoms with van der Waals surface area (Å²) in [6.45, 7) is 2.30. The Morgan fingerprint density at radius 3 is 1.52 bits per heavy atom.